The summed E-state index contributed by atoms with van der Waals surface area (Å²) in [5.41, 5.74) is 0.997. The molecule has 1 amide bonds. The maximum atomic E-state index is 13.4. The van der Waals surface area contributed by atoms with Crippen LogP contribution in [-0.2, 0) is 4.18 Å². The summed E-state index contributed by atoms with van der Waals surface area (Å²) in [4.78, 5) is 13.9. The highest BCUT2D eigenvalue weighted by Crippen LogP contribution is 2.35. The molecule has 1 N–H and O–H groups in total. The maximum Gasteiger partial charge on any atom is 0.264 e. The van der Waals surface area contributed by atoms with E-state index in [1.54, 1.807) is 12.1 Å². The van der Waals surface area contributed by atoms with Crippen LogP contribution in [0, 0.1) is 5.82 Å². The zero-order chi connectivity index (χ0) is 15.9. The predicted molar refractivity (Wildman–Crippen MR) is 87.2 cm³/mol. The largest absolute Gasteiger partial charge is 0.341 e. The Labute approximate surface area is 141 Å². The number of rotatable bonds is 2. The van der Waals surface area contributed by atoms with Crippen LogP contribution in [0.5, 0.6) is 0 Å². The molecular weight excluding hydrogens is 350 g/mol. The molecule has 0 saturated heterocycles. The van der Waals surface area contributed by atoms with E-state index in [1.807, 2.05) is 0 Å². The smallest absolute Gasteiger partial charge is 0.264 e. The summed E-state index contributed by atoms with van der Waals surface area (Å²) >= 11 is 15.8. The van der Waals surface area contributed by atoms with Gasteiger partial charge in [-0.1, -0.05) is 23.2 Å². The van der Waals surface area contributed by atoms with E-state index in [9.17, 15) is 9.18 Å². The van der Waals surface area contributed by atoms with Crippen molar-refractivity contribution in [2.75, 3.05) is 10.2 Å². The van der Waals surface area contributed by atoms with Gasteiger partial charge in [0.1, 0.15) is 5.82 Å². The first-order chi connectivity index (χ1) is 10.5. The molecular formula is C14H9Cl2FN2O2S. The van der Waals surface area contributed by atoms with Crippen molar-refractivity contribution in [3.05, 3.63) is 57.8 Å². The summed E-state index contributed by atoms with van der Waals surface area (Å²) < 4.78 is 18.4. The first-order valence-electron chi connectivity index (χ1n) is 6.16. The third-order valence-corrected chi connectivity index (χ3v) is 3.95. The Morgan fingerprint density at radius 2 is 2.00 bits per heavy atom. The lowest BCUT2D eigenvalue weighted by molar-refractivity contribution is 0.0934. The number of hydrogen-bond acceptors (Lipinski definition) is 4. The minimum Gasteiger partial charge on any atom is -0.341 e. The van der Waals surface area contributed by atoms with E-state index >= 15 is 0 Å². The normalized spacial score (nSPS) is 17.2. The number of nitrogens with one attached hydrogen (secondary N) is 1. The van der Waals surface area contributed by atoms with Crippen molar-refractivity contribution < 1.29 is 13.4 Å². The van der Waals surface area contributed by atoms with Crippen LogP contribution < -0.4 is 10.2 Å². The average molecular weight is 359 g/mol. The van der Waals surface area contributed by atoms with Crippen LogP contribution in [0.4, 0.5) is 15.8 Å². The number of hydrogen-bond donors (Lipinski definition) is 2. The van der Waals surface area contributed by atoms with Gasteiger partial charge in [0.05, 0.1) is 22.0 Å². The molecule has 1 unspecified atom stereocenters. The molecule has 0 bridgehead atoms. The molecule has 114 valence electrons. The second-order valence-corrected chi connectivity index (χ2v) is 5.62. The average Bonchev–Trinajstić information content (AvgIpc) is 2.49. The molecule has 0 spiro atoms. The van der Waals surface area contributed by atoms with Gasteiger partial charge in [0, 0.05) is 5.02 Å². The molecule has 0 fully saturated rings. The van der Waals surface area contributed by atoms with Gasteiger partial charge in [-0.3, -0.25) is 13.9 Å². The van der Waals surface area contributed by atoms with E-state index in [0.29, 0.717) is 16.4 Å². The molecule has 1 aliphatic rings. The van der Waals surface area contributed by atoms with Crippen molar-refractivity contribution in [2.24, 2.45) is 0 Å². The standard InChI is InChI=1S/C14H9Cl2FN2O2S/c15-7-1-4-12(10(16)5-7)19-13(20)9-6-8(17)2-3-11(9)18-14(19)21-22/h1-6,14,18,22H. The number of benzene rings is 2. The highest BCUT2D eigenvalue weighted by atomic mass is 35.5. The second kappa shape index (κ2) is 5.96. The number of carbonyl (C=O) groups excluding carboxylic acids is 1. The van der Waals surface area contributed by atoms with Crippen molar-refractivity contribution in [3.8, 4) is 0 Å². The molecule has 0 radical (unpaired) electrons. The molecule has 1 aliphatic heterocycles. The number of nitrogens with zero attached hydrogens (tertiary/aromatic N) is 1. The van der Waals surface area contributed by atoms with Gasteiger partial charge >= 0.3 is 0 Å². The zero-order valence-electron chi connectivity index (χ0n) is 10.9. The Hall–Kier alpha value is -1.47. The van der Waals surface area contributed by atoms with Crippen molar-refractivity contribution in [1.29, 1.82) is 0 Å². The maximum absolute atomic E-state index is 13.4. The lowest BCUT2D eigenvalue weighted by Crippen LogP contribution is -2.49. The van der Waals surface area contributed by atoms with Gasteiger partial charge in [-0.05, 0) is 49.3 Å². The molecule has 4 nitrogen and oxygen atoms in total. The zero-order valence-corrected chi connectivity index (χ0v) is 13.3. The predicted octanol–water partition coefficient (Wildman–Crippen LogP) is 4.35. The summed E-state index contributed by atoms with van der Waals surface area (Å²) in [5, 5.41) is 3.64. The molecule has 0 saturated carbocycles. The summed E-state index contributed by atoms with van der Waals surface area (Å²) in [6, 6.07) is 8.53. The Bertz CT molecular complexity index is 760. The second-order valence-electron chi connectivity index (χ2n) is 4.56. The van der Waals surface area contributed by atoms with Crippen LogP contribution in [0.1, 0.15) is 10.4 Å². The van der Waals surface area contributed by atoms with Gasteiger partial charge in [0.25, 0.3) is 5.91 Å². The van der Waals surface area contributed by atoms with Crippen LogP contribution in [-0.4, -0.2) is 12.3 Å². The van der Waals surface area contributed by atoms with E-state index in [-0.39, 0.29) is 10.6 Å². The number of amides is 1. The SMILES string of the molecule is O=C1c2cc(F)ccc2NC(OS)N1c1ccc(Cl)cc1Cl. The molecule has 2 aromatic carbocycles. The number of thiol groups is 1. The topological polar surface area (TPSA) is 41.6 Å². The fraction of sp³-hybridized carbons (Fsp3) is 0.0714. The first kappa shape index (κ1) is 15.4. The fourth-order valence-electron chi connectivity index (χ4n) is 2.24. The molecule has 3 rings (SSSR count). The Morgan fingerprint density at radius 1 is 1.23 bits per heavy atom. The van der Waals surface area contributed by atoms with Crippen molar-refractivity contribution in [1.82, 2.24) is 0 Å². The third kappa shape index (κ3) is 2.63. The van der Waals surface area contributed by atoms with Gasteiger partial charge in [-0.15, -0.1) is 0 Å². The quantitative estimate of drug-likeness (QED) is 0.619. The summed E-state index contributed by atoms with van der Waals surface area (Å²) in [6.45, 7) is 0. The Balaban J connectivity index is 2.11. The highest BCUT2D eigenvalue weighted by Gasteiger charge is 2.35. The van der Waals surface area contributed by atoms with Crippen LogP contribution in [0.3, 0.4) is 0 Å². The highest BCUT2D eigenvalue weighted by molar-refractivity contribution is 7.75. The monoisotopic (exact) mass is 358 g/mol. The van der Waals surface area contributed by atoms with Crippen molar-refractivity contribution >= 4 is 53.4 Å². The number of carbonyl (C=O) groups is 1. The fourth-order valence-corrected chi connectivity index (χ4v) is 2.89. The van der Waals surface area contributed by atoms with Gasteiger partial charge in [0.15, 0.2) is 0 Å². The van der Waals surface area contributed by atoms with E-state index in [4.69, 9.17) is 27.4 Å². The molecule has 1 atom stereocenters. The lowest BCUT2D eigenvalue weighted by atomic mass is 10.1. The molecule has 8 heteroatoms. The minimum absolute atomic E-state index is 0.174. The van der Waals surface area contributed by atoms with Crippen molar-refractivity contribution in [2.45, 2.75) is 6.35 Å². The van der Waals surface area contributed by atoms with Crippen molar-refractivity contribution in [3.63, 3.8) is 0 Å². The van der Waals surface area contributed by atoms with E-state index in [2.05, 4.69) is 18.2 Å². The van der Waals surface area contributed by atoms with E-state index < -0.39 is 18.1 Å². The Kier molecular flexibility index (Phi) is 4.18. The third-order valence-electron chi connectivity index (χ3n) is 3.21. The van der Waals surface area contributed by atoms with Crippen LogP contribution in [0.2, 0.25) is 10.0 Å². The summed E-state index contributed by atoms with van der Waals surface area (Å²) in [7, 11) is 0. The van der Waals surface area contributed by atoms with E-state index in [1.165, 1.54) is 23.1 Å². The number of halogens is 3. The van der Waals surface area contributed by atoms with Gasteiger partial charge in [-0.25, -0.2) is 4.39 Å². The van der Waals surface area contributed by atoms with Crippen LogP contribution in [0.15, 0.2) is 36.4 Å². The lowest BCUT2D eigenvalue weighted by Gasteiger charge is -2.36. The molecule has 0 aromatic heterocycles. The number of anilines is 2. The molecule has 2 aromatic rings. The summed E-state index contributed by atoms with van der Waals surface area (Å²) in [6.07, 6.45) is -0.896. The van der Waals surface area contributed by atoms with Gasteiger partial charge in [0.2, 0.25) is 6.35 Å². The summed E-state index contributed by atoms with van der Waals surface area (Å²) in [5.74, 6) is -0.974. The first-order valence-corrected chi connectivity index (χ1v) is 7.28. The van der Waals surface area contributed by atoms with Crippen LogP contribution in [0.25, 0.3) is 0 Å². The number of fused-ring (bicyclic) bond motifs is 1. The van der Waals surface area contributed by atoms with Gasteiger partial charge < -0.3 is 5.32 Å². The van der Waals surface area contributed by atoms with Gasteiger partial charge in [-0.2, -0.15) is 0 Å². The van der Waals surface area contributed by atoms with E-state index in [0.717, 1.165) is 6.07 Å². The van der Waals surface area contributed by atoms with Crippen LogP contribution >= 0.6 is 36.1 Å². The molecule has 22 heavy (non-hydrogen) atoms. The Morgan fingerprint density at radius 3 is 2.68 bits per heavy atom. The molecule has 0 aliphatic carbocycles. The minimum atomic E-state index is -0.896. The molecule has 1 heterocycles.